The Morgan fingerprint density at radius 3 is 2.62 bits per heavy atom. The summed E-state index contributed by atoms with van der Waals surface area (Å²) < 4.78 is 1.96. The van der Waals surface area contributed by atoms with Crippen LogP contribution in [0.15, 0.2) is 42.7 Å². The van der Waals surface area contributed by atoms with E-state index < -0.39 is 0 Å². The predicted octanol–water partition coefficient (Wildman–Crippen LogP) is 3.27. The Morgan fingerprint density at radius 1 is 1.08 bits per heavy atom. The second kappa shape index (κ2) is 7.08. The smallest absolute Gasteiger partial charge is 0.0690 e. The fourth-order valence-electron chi connectivity index (χ4n) is 4.44. The van der Waals surface area contributed by atoms with Gasteiger partial charge in [-0.2, -0.15) is 5.10 Å². The van der Waals surface area contributed by atoms with Crippen molar-refractivity contribution in [2.45, 2.75) is 51.1 Å². The van der Waals surface area contributed by atoms with Crippen LogP contribution in [0.25, 0.3) is 5.69 Å². The Bertz CT molecular complexity index is 633. The maximum atomic E-state index is 4.38. The molecule has 1 aromatic heterocycles. The van der Waals surface area contributed by atoms with Gasteiger partial charge in [0.05, 0.1) is 5.69 Å². The lowest BCUT2D eigenvalue weighted by molar-refractivity contribution is 0.115. The summed E-state index contributed by atoms with van der Waals surface area (Å²) in [6, 6.07) is 11.2. The van der Waals surface area contributed by atoms with Crippen molar-refractivity contribution >= 4 is 0 Å². The highest BCUT2D eigenvalue weighted by molar-refractivity contribution is 5.40. The van der Waals surface area contributed by atoms with Gasteiger partial charge in [0.1, 0.15) is 0 Å². The summed E-state index contributed by atoms with van der Waals surface area (Å²) in [6.45, 7) is 3.36. The number of aromatic nitrogens is 2. The largest absolute Gasteiger partial charge is 0.317 e. The maximum absolute atomic E-state index is 4.38. The second-order valence-electron chi connectivity index (χ2n) is 7.48. The molecule has 0 atom stereocenters. The third kappa shape index (κ3) is 3.40. The van der Waals surface area contributed by atoms with Crippen molar-refractivity contribution < 1.29 is 0 Å². The summed E-state index contributed by atoms with van der Waals surface area (Å²) >= 11 is 0. The molecule has 1 saturated heterocycles. The van der Waals surface area contributed by atoms with Gasteiger partial charge in [0.15, 0.2) is 0 Å². The molecule has 24 heavy (non-hydrogen) atoms. The first-order valence-electron chi connectivity index (χ1n) is 9.37. The second-order valence-corrected chi connectivity index (χ2v) is 7.48. The topological polar surface area (TPSA) is 41.9 Å². The molecular weight excluding hydrogens is 296 g/mol. The van der Waals surface area contributed by atoms with Crippen LogP contribution in [0.4, 0.5) is 0 Å². The molecule has 2 heterocycles. The molecule has 0 radical (unpaired) electrons. The Hall–Kier alpha value is -1.65. The number of nitrogens with one attached hydrogen (secondary N) is 2. The van der Waals surface area contributed by atoms with Crippen LogP contribution in [0, 0.1) is 5.41 Å². The molecule has 128 valence electrons. The zero-order valence-electron chi connectivity index (χ0n) is 14.4. The molecule has 1 aromatic carbocycles. The van der Waals surface area contributed by atoms with Gasteiger partial charge < -0.3 is 10.6 Å². The molecule has 0 amide bonds. The van der Waals surface area contributed by atoms with Gasteiger partial charge in [-0.3, -0.25) is 0 Å². The molecule has 4 rings (SSSR count). The first-order valence-corrected chi connectivity index (χ1v) is 9.37. The molecule has 2 N–H and O–H groups in total. The van der Waals surface area contributed by atoms with E-state index in [9.17, 15) is 0 Å². The molecule has 1 saturated carbocycles. The number of nitrogens with zero attached hydrogens (tertiary/aromatic N) is 2. The minimum absolute atomic E-state index is 0.649. The highest BCUT2D eigenvalue weighted by atomic mass is 15.3. The quantitative estimate of drug-likeness (QED) is 0.907. The number of hydrogen-bond donors (Lipinski definition) is 2. The lowest BCUT2D eigenvalue weighted by Crippen LogP contribution is -2.43. The Kier molecular flexibility index (Phi) is 4.67. The molecule has 1 aliphatic carbocycles. The van der Waals surface area contributed by atoms with Crippen LogP contribution >= 0.6 is 0 Å². The van der Waals surface area contributed by atoms with Gasteiger partial charge in [-0.05, 0) is 74.7 Å². The molecule has 2 aliphatic rings. The van der Waals surface area contributed by atoms with Crippen molar-refractivity contribution in [3.63, 3.8) is 0 Å². The van der Waals surface area contributed by atoms with Crippen LogP contribution < -0.4 is 10.6 Å². The summed E-state index contributed by atoms with van der Waals surface area (Å²) in [6.07, 6.45) is 12.0. The number of benzene rings is 1. The third-order valence-electron chi connectivity index (χ3n) is 6.03. The van der Waals surface area contributed by atoms with E-state index in [0.717, 1.165) is 6.54 Å². The minimum atomic E-state index is 0.649. The van der Waals surface area contributed by atoms with Crippen molar-refractivity contribution in [1.82, 2.24) is 20.4 Å². The molecule has 1 spiro atoms. The van der Waals surface area contributed by atoms with Crippen LogP contribution in [-0.4, -0.2) is 28.9 Å². The fourth-order valence-corrected chi connectivity index (χ4v) is 4.44. The van der Waals surface area contributed by atoms with Crippen LogP contribution in [0.3, 0.4) is 0 Å². The van der Waals surface area contributed by atoms with Gasteiger partial charge in [0.2, 0.25) is 0 Å². The molecule has 1 aliphatic heterocycles. The molecule has 4 nitrogen and oxygen atoms in total. The maximum Gasteiger partial charge on any atom is 0.0690 e. The van der Waals surface area contributed by atoms with E-state index in [2.05, 4.69) is 40.0 Å². The van der Waals surface area contributed by atoms with Crippen LogP contribution in [0.1, 0.15) is 44.1 Å². The zero-order valence-corrected chi connectivity index (χ0v) is 14.4. The lowest BCUT2D eigenvalue weighted by Gasteiger charge is -2.43. The van der Waals surface area contributed by atoms with Crippen LogP contribution in [-0.2, 0) is 6.54 Å². The fraction of sp³-hybridized carbons (Fsp3) is 0.550. The molecule has 2 fully saturated rings. The monoisotopic (exact) mass is 324 g/mol. The van der Waals surface area contributed by atoms with E-state index in [-0.39, 0.29) is 0 Å². The summed E-state index contributed by atoms with van der Waals surface area (Å²) in [5, 5.41) is 11.7. The van der Waals surface area contributed by atoms with Crippen molar-refractivity contribution in [3.05, 3.63) is 48.3 Å². The van der Waals surface area contributed by atoms with Gasteiger partial charge in [0.25, 0.3) is 0 Å². The molecular formula is C20H28N4. The van der Waals surface area contributed by atoms with Gasteiger partial charge >= 0.3 is 0 Å². The van der Waals surface area contributed by atoms with E-state index in [1.54, 1.807) is 0 Å². The summed E-state index contributed by atoms with van der Waals surface area (Å²) in [5.41, 5.74) is 3.15. The lowest BCUT2D eigenvalue weighted by atomic mass is 9.67. The summed E-state index contributed by atoms with van der Waals surface area (Å²) in [5.74, 6) is 0. The van der Waals surface area contributed by atoms with E-state index >= 15 is 0 Å². The Morgan fingerprint density at radius 2 is 1.88 bits per heavy atom. The first kappa shape index (κ1) is 15.9. The highest BCUT2D eigenvalue weighted by Crippen LogP contribution is 2.43. The van der Waals surface area contributed by atoms with Crippen molar-refractivity contribution in [2.75, 3.05) is 13.1 Å². The number of para-hydroxylation sites is 1. The minimum Gasteiger partial charge on any atom is -0.317 e. The van der Waals surface area contributed by atoms with Crippen molar-refractivity contribution in [1.29, 1.82) is 0 Å². The summed E-state index contributed by atoms with van der Waals surface area (Å²) in [4.78, 5) is 0. The van der Waals surface area contributed by atoms with Crippen molar-refractivity contribution in [3.8, 4) is 5.69 Å². The number of piperidine rings is 1. The standard InChI is InChI=1S/C20H28N4/c1-2-5-19(24-15-3-12-23-24)17(4-1)16-22-18-6-8-20(9-7-18)10-13-21-14-11-20/h1-5,12,15,18,21-22H,6-11,13-14,16H2. The summed E-state index contributed by atoms with van der Waals surface area (Å²) in [7, 11) is 0. The SMILES string of the molecule is c1ccc(-n2cccn2)c(CNC2CCC3(CCNCC3)CC2)c1. The zero-order chi connectivity index (χ0) is 16.2. The third-order valence-corrected chi connectivity index (χ3v) is 6.03. The Labute approximate surface area is 144 Å². The van der Waals surface area contributed by atoms with E-state index in [0.29, 0.717) is 11.5 Å². The van der Waals surface area contributed by atoms with Gasteiger partial charge in [-0.25, -0.2) is 4.68 Å². The average molecular weight is 324 g/mol. The number of rotatable bonds is 4. The first-order chi connectivity index (χ1) is 11.8. The molecule has 4 heteroatoms. The highest BCUT2D eigenvalue weighted by Gasteiger charge is 2.35. The van der Waals surface area contributed by atoms with Crippen molar-refractivity contribution in [2.24, 2.45) is 5.41 Å². The normalized spacial score (nSPS) is 21.2. The van der Waals surface area contributed by atoms with E-state index in [1.807, 2.05) is 23.1 Å². The molecule has 0 bridgehead atoms. The average Bonchev–Trinajstić information content (AvgIpc) is 3.17. The van der Waals surface area contributed by atoms with E-state index in [1.165, 1.54) is 62.9 Å². The Balaban J connectivity index is 1.35. The van der Waals surface area contributed by atoms with Gasteiger partial charge in [-0.15, -0.1) is 0 Å². The van der Waals surface area contributed by atoms with Crippen LogP contribution in [0.5, 0.6) is 0 Å². The number of hydrogen-bond acceptors (Lipinski definition) is 3. The van der Waals surface area contributed by atoms with E-state index in [4.69, 9.17) is 0 Å². The van der Waals surface area contributed by atoms with Gasteiger partial charge in [-0.1, -0.05) is 18.2 Å². The molecule has 0 unspecified atom stereocenters. The predicted molar refractivity (Wildman–Crippen MR) is 97.2 cm³/mol. The van der Waals surface area contributed by atoms with Crippen LogP contribution in [0.2, 0.25) is 0 Å². The van der Waals surface area contributed by atoms with Gasteiger partial charge in [0, 0.05) is 25.0 Å². The molecule has 2 aromatic rings.